The van der Waals surface area contributed by atoms with Gasteiger partial charge in [0.05, 0.1) is 0 Å². The summed E-state index contributed by atoms with van der Waals surface area (Å²) in [6.45, 7) is 3.04. The zero-order valence-electron chi connectivity index (χ0n) is 12.2. The molecule has 0 saturated heterocycles. The van der Waals surface area contributed by atoms with Crippen LogP contribution < -0.4 is 5.56 Å². The molecule has 0 amide bonds. The van der Waals surface area contributed by atoms with Crippen LogP contribution in [0.5, 0.6) is 0 Å². The average molecular weight is 297 g/mol. The molecule has 112 valence electrons. The molecule has 0 saturated carbocycles. The standard InChI is InChI=1S/C17H15NO4/c1-17(2,22)9-8-12-10-14(16(20)21)15(19)18(11-12)13-6-4-3-5-7-13/h3-7,10-11,22H,1-2H3,(H,20,21). The van der Waals surface area contributed by atoms with E-state index in [9.17, 15) is 19.8 Å². The fourth-order valence-electron chi connectivity index (χ4n) is 1.81. The van der Waals surface area contributed by atoms with Crippen LogP contribution in [0.2, 0.25) is 0 Å². The van der Waals surface area contributed by atoms with Crippen molar-refractivity contribution in [2.24, 2.45) is 0 Å². The van der Waals surface area contributed by atoms with Gasteiger partial charge in [-0.2, -0.15) is 0 Å². The minimum atomic E-state index is -1.32. The molecule has 2 rings (SSSR count). The predicted octanol–water partition coefficient (Wildman–Crippen LogP) is 1.66. The number of aromatic nitrogens is 1. The lowest BCUT2D eigenvalue weighted by molar-refractivity contribution is 0.0694. The van der Waals surface area contributed by atoms with Gasteiger partial charge in [-0.3, -0.25) is 9.36 Å². The molecule has 0 atom stereocenters. The Morgan fingerprint density at radius 1 is 1.23 bits per heavy atom. The summed E-state index contributed by atoms with van der Waals surface area (Å²) in [6.07, 6.45) is 1.46. The lowest BCUT2D eigenvalue weighted by Crippen LogP contribution is -2.25. The van der Waals surface area contributed by atoms with Gasteiger partial charge in [-0.15, -0.1) is 0 Å². The molecule has 1 heterocycles. The summed E-state index contributed by atoms with van der Waals surface area (Å²) in [6, 6.07) is 9.89. The number of pyridine rings is 1. The molecule has 2 N–H and O–H groups in total. The van der Waals surface area contributed by atoms with Gasteiger partial charge in [-0.25, -0.2) is 4.79 Å². The van der Waals surface area contributed by atoms with Gasteiger partial charge in [0.1, 0.15) is 11.2 Å². The predicted molar refractivity (Wildman–Crippen MR) is 82.2 cm³/mol. The number of nitrogens with zero attached hydrogens (tertiary/aromatic N) is 1. The summed E-state index contributed by atoms with van der Waals surface area (Å²) >= 11 is 0. The third kappa shape index (κ3) is 3.62. The number of carboxylic acids is 1. The number of hydrogen-bond acceptors (Lipinski definition) is 3. The first-order chi connectivity index (χ1) is 10.3. The summed E-state index contributed by atoms with van der Waals surface area (Å²) in [5.74, 6) is 3.98. The summed E-state index contributed by atoms with van der Waals surface area (Å²) < 4.78 is 1.23. The Labute approximate surface area is 127 Å². The maximum Gasteiger partial charge on any atom is 0.341 e. The van der Waals surface area contributed by atoms with Gasteiger partial charge in [-0.1, -0.05) is 30.0 Å². The molecule has 22 heavy (non-hydrogen) atoms. The van der Waals surface area contributed by atoms with Crippen LogP contribution in [0.1, 0.15) is 29.8 Å². The van der Waals surface area contributed by atoms with Crippen LogP contribution in [-0.2, 0) is 0 Å². The zero-order valence-corrected chi connectivity index (χ0v) is 12.2. The van der Waals surface area contributed by atoms with E-state index in [0.29, 0.717) is 11.3 Å². The molecule has 0 spiro atoms. The van der Waals surface area contributed by atoms with Crippen LogP contribution in [0.4, 0.5) is 0 Å². The smallest absolute Gasteiger partial charge is 0.341 e. The average Bonchev–Trinajstić information content (AvgIpc) is 2.46. The third-order valence-electron chi connectivity index (χ3n) is 2.79. The normalized spacial score (nSPS) is 10.7. The Hall–Kier alpha value is -2.84. The quantitative estimate of drug-likeness (QED) is 0.826. The van der Waals surface area contributed by atoms with E-state index < -0.39 is 17.1 Å². The summed E-state index contributed by atoms with van der Waals surface area (Å²) in [7, 11) is 0. The maximum atomic E-state index is 12.2. The van der Waals surface area contributed by atoms with Crippen LogP contribution in [0.15, 0.2) is 47.4 Å². The van der Waals surface area contributed by atoms with E-state index in [4.69, 9.17) is 0 Å². The summed E-state index contributed by atoms with van der Waals surface area (Å²) in [5.41, 5.74) is -1.33. The highest BCUT2D eigenvalue weighted by Gasteiger charge is 2.14. The van der Waals surface area contributed by atoms with Crippen LogP contribution in [-0.4, -0.2) is 26.4 Å². The first-order valence-corrected chi connectivity index (χ1v) is 6.59. The van der Waals surface area contributed by atoms with Gasteiger partial charge < -0.3 is 10.2 Å². The van der Waals surface area contributed by atoms with Crippen molar-refractivity contribution < 1.29 is 15.0 Å². The van der Waals surface area contributed by atoms with Crippen molar-refractivity contribution in [2.45, 2.75) is 19.4 Å². The van der Waals surface area contributed by atoms with E-state index in [2.05, 4.69) is 11.8 Å². The molecular formula is C17H15NO4. The van der Waals surface area contributed by atoms with Gasteiger partial charge in [-0.05, 0) is 32.0 Å². The van der Waals surface area contributed by atoms with Gasteiger partial charge >= 0.3 is 5.97 Å². The minimum absolute atomic E-state index is 0.336. The first-order valence-electron chi connectivity index (χ1n) is 6.59. The number of aromatic carboxylic acids is 1. The molecule has 5 heteroatoms. The molecule has 1 aromatic carbocycles. The molecule has 0 unspecified atom stereocenters. The summed E-state index contributed by atoms with van der Waals surface area (Å²) in [4.78, 5) is 23.5. The van der Waals surface area contributed by atoms with Crippen molar-refractivity contribution in [3.05, 3.63) is 64.1 Å². The molecule has 5 nitrogen and oxygen atoms in total. The van der Waals surface area contributed by atoms with E-state index in [0.717, 1.165) is 0 Å². The number of hydrogen-bond donors (Lipinski definition) is 2. The molecule has 0 bridgehead atoms. The minimum Gasteiger partial charge on any atom is -0.477 e. The number of aliphatic hydroxyl groups is 1. The molecule has 2 aromatic rings. The van der Waals surface area contributed by atoms with E-state index in [1.54, 1.807) is 30.3 Å². The highest BCUT2D eigenvalue weighted by Crippen LogP contribution is 2.08. The van der Waals surface area contributed by atoms with Crippen molar-refractivity contribution in [3.63, 3.8) is 0 Å². The molecule has 0 aliphatic rings. The van der Waals surface area contributed by atoms with E-state index in [1.807, 2.05) is 0 Å². The topological polar surface area (TPSA) is 79.5 Å². The van der Waals surface area contributed by atoms with Crippen molar-refractivity contribution in [1.29, 1.82) is 0 Å². The Morgan fingerprint density at radius 3 is 2.41 bits per heavy atom. The summed E-state index contributed by atoms with van der Waals surface area (Å²) in [5, 5.41) is 18.8. The molecule has 1 aromatic heterocycles. The number of rotatable bonds is 2. The highest BCUT2D eigenvalue weighted by molar-refractivity contribution is 5.87. The number of carboxylic acid groups (broad SMARTS) is 1. The van der Waals surface area contributed by atoms with E-state index in [-0.39, 0.29) is 5.56 Å². The number of benzene rings is 1. The van der Waals surface area contributed by atoms with Crippen LogP contribution in [0.3, 0.4) is 0 Å². The molecule has 0 aliphatic heterocycles. The fourth-order valence-corrected chi connectivity index (χ4v) is 1.81. The lowest BCUT2D eigenvalue weighted by Gasteiger charge is -2.09. The fraction of sp³-hybridized carbons (Fsp3) is 0.176. The number of para-hydroxylation sites is 1. The second kappa shape index (κ2) is 5.88. The van der Waals surface area contributed by atoms with Crippen molar-refractivity contribution in [1.82, 2.24) is 4.57 Å². The second-order valence-electron chi connectivity index (χ2n) is 5.27. The number of carbonyl (C=O) groups is 1. The van der Waals surface area contributed by atoms with E-state index >= 15 is 0 Å². The Bertz CT molecular complexity index is 818. The Balaban J connectivity index is 2.68. The molecular weight excluding hydrogens is 282 g/mol. The molecule has 0 radical (unpaired) electrons. The maximum absolute atomic E-state index is 12.2. The third-order valence-corrected chi connectivity index (χ3v) is 2.79. The van der Waals surface area contributed by atoms with Crippen molar-refractivity contribution in [2.75, 3.05) is 0 Å². The van der Waals surface area contributed by atoms with Crippen molar-refractivity contribution >= 4 is 5.97 Å². The Morgan fingerprint density at radius 2 is 1.86 bits per heavy atom. The first kappa shape index (κ1) is 15.5. The van der Waals surface area contributed by atoms with Gasteiger partial charge in [0.15, 0.2) is 0 Å². The SMILES string of the molecule is CC(C)(O)C#Cc1cc(C(=O)O)c(=O)n(-c2ccccc2)c1. The second-order valence-corrected chi connectivity index (χ2v) is 5.27. The van der Waals surface area contributed by atoms with Crippen LogP contribution >= 0.6 is 0 Å². The largest absolute Gasteiger partial charge is 0.477 e. The zero-order chi connectivity index (χ0) is 16.3. The van der Waals surface area contributed by atoms with Gasteiger partial charge in [0.2, 0.25) is 0 Å². The molecule has 0 fully saturated rings. The Kier molecular flexibility index (Phi) is 4.15. The van der Waals surface area contributed by atoms with E-state index in [1.165, 1.54) is 30.7 Å². The highest BCUT2D eigenvalue weighted by atomic mass is 16.4. The van der Waals surface area contributed by atoms with Crippen molar-refractivity contribution in [3.8, 4) is 17.5 Å². The molecule has 0 aliphatic carbocycles. The lowest BCUT2D eigenvalue weighted by atomic mass is 10.1. The van der Waals surface area contributed by atoms with Crippen LogP contribution in [0, 0.1) is 11.8 Å². The van der Waals surface area contributed by atoms with Gasteiger partial charge in [0.25, 0.3) is 5.56 Å². The van der Waals surface area contributed by atoms with Crippen LogP contribution in [0.25, 0.3) is 5.69 Å². The van der Waals surface area contributed by atoms with Gasteiger partial charge in [0, 0.05) is 17.4 Å². The monoisotopic (exact) mass is 297 g/mol.